The van der Waals surface area contributed by atoms with Crippen molar-refractivity contribution in [1.29, 1.82) is 0 Å². The van der Waals surface area contributed by atoms with Gasteiger partial charge in [0.05, 0.1) is 19.8 Å². The third-order valence-electron chi connectivity index (χ3n) is 3.58. The Kier molecular flexibility index (Phi) is 2.58. The number of ether oxygens (including phenoxy) is 2. The molecule has 1 aliphatic heterocycles. The van der Waals surface area contributed by atoms with Crippen LogP contribution in [0, 0.1) is 0 Å². The fourth-order valence-corrected chi connectivity index (χ4v) is 2.77. The van der Waals surface area contributed by atoms with Crippen molar-refractivity contribution in [2.45, 2.75) is 25.0 Å². The smallest absolute Gasteiger partial charge is 0.122 e. The van der Waals surface area contributed by atoms with Crippen LogP contribution in [-0.2, 0) is 17.6 Å². The Hall–Kier alpha value is -1.06. The van der Waals surface area contributed by atoms with Crippen molar-refractivity contribution in [3.05, 3.63) is 29.3 Å². The summed E-state index contributed by atoms with van der Waals surface area (Å²) in [5, 5.41) is 3.53. The van der Waals surface area contributed by atoms with Gasteiger partial charge in [0.25, 0.3) is 0 Å². The fraction of sp³-hybridized carbons (Fsp3) is 0.538. The van der Waals surface area contributed by atoms with Gasteiger partial charge in [-0.2, -0.15) is 0 Å². The normalized spacial score (nSPS) is 28.1. The zero-order valence-corrected chi connectivity index (χ0v) is 9.53. The lowest BCUT2D eigenvalue weighted by Crippen LogP contribution is -2.52. The van der Waals surface area contributed by atoms with Crippen molar-refractivity contribution >= 4 is 0 Å². The Bertz CT molecular complexity index is 392. The van der Waals surface area contributed by atoms with Gasteiger partial charge in [0.15, 0.2) is 0 Å². The lowest BCUT2D eigenvalue weighted by atomic mass is 9.85. The third-order valence-corrected chi connectivity index (χ3v) is 3.58. The van der Waals surface area contributed by atoms with Crippen molar-refractivity contribution in [3.8, 4) is 5.75 Å². The van der Waals surface area contributed by atoms with Gasteiger partial charge < -0.3 is 14.8 Å². The molecular weight excluding hydrogens is 202 g/mol. The summed E-state index contributed by atoms with van der Waals surface area (Å²) in [5.41, 5.74) is 2.73. The van der Waals surface area contributed by atoms with Gasteiger partial charge in [0, 0.05) is 19.0 Å². The molecule has 0 saturated carbocycles. The molecule has 1 aromatic rings. The van der Waals surface area contributed by atoms with Crippen LogP contribution in [0.4, 0.5) is 0 Å². The zero-order chi connectivity index (χ0) is 11.0. The first-order valence-electron chi connectivity index (χ1n) is 5.88. The van der Waals surface area contributed by atoms with E-state index in [1.54, 1.807) is 7.11 Å². The van der Waals surface area contributed by atoms with Gasteiger partial charge in [-0.15, -0.1) is 0 Å². The summed E-state index contributed by atoms with van der Waals surface area (Å²) in [6, 6.07) is 6.79. The first kappa shape index (κ1) is 10.1. The minimum Gasteiger partial charge on any atom is -0.496 e. The van der Waals surface area contributed by atoms with Crippen molar-refractivity contribution < 1.29 is 9.47 Å². The van der Waals surface area contributed by atoms with E-state index in [4.69, 9.17) is 9.47 Å². The Morgan fingerprint density at radius 1 is 1.38 bits per heavy atom. The highest BCUT2D eigenvalue weighted by Gasteiger charge is 2.32. The maximum atomic E-state index is 5.82. The highest BCUT2D eigenvalue weighted by Crippen LogP contribution is 2.31. The summed E-state index contributed by atoms with van der Waals surface area (Å²) < 4.78 is 11.2. The van der Waals surface area contributed by atoms with Crippen molar-refractivity contribution in [2.75, 3.05) is 20.3 Å². The quantitative estimate of drug-likeness (QED) is 0.768. The summed E-state index contributed by atoms with van der Waals surface area (Å²) >= 11 is 0. The molecule has 2 aliphatic rings. The van der Waals surface area contributed by atoms with Gasteiger partial charge in [-0.05, 0) is 23.6 Å². The van der Waals surface area contributed by atoms with Crippen molar-refractivity contribution in [3.63, 3.8) is 0 Å². The predicted molar refractivity (Wildman–Crippen MR) is 61.9 cm³/mol. The lowest BCUT2D eigenvalue weighted by Gasteiger charge is -2.37. The lowest BCUT2D eigenvalue weighted by molar-refractivity contribution is -0.00773. The number of fused-ring (bicyclic) bond motifs is 2. The minimum atomic E-state index is 0.317. The average molecular weight is 219 g/mol. The Morgan fingerprint density at radius 3 is 3.19 bits per heavy atom. The Balaban J connectivity index is 1.95. The molecule has 16 heavy (non-hydrogen) atoms. The second-order valence-electron chi connectivity index (χ2n) is 4.48. The maximum Gasteiger partial charge on any atom is 0.122 e. The second-order valence-corrected chi connectivity index (χ2v) is 4.48. The monoisotopic (exact) mass is 219 g/mol. The zero-order valence-electron chi connectivity index (χ0n) is 9.53. The van der Waals surface area contributed by atoms with E-state index < -0.39 is 0 Å². The molecule has 1 heterocycles. The number of benzene rings is 1. The molecule has 2 atom stereocenters. The molecule has 1 N–H and O–H groups in total. The second kappa shape index (κ2) is 4.07. The summed E-state index contributed by atoms with van der Waals surface area (Å²) in [6.45, 7) is 1.80. The predicted octanol–water partition coefficient (Wildman–Crippen LogP) is 1.15. The van der Waals surface area contributed by atoms with E-state index in [2.05, 4.69) is 17.4 Å². The largest absolute Gasteiger partial charge is 0.496 e. The van der Waals surface area contributed by atoms with Gasteiger partial charge in [0.1, 0.15) is 5.75 Å². The molecule has 3 heteroatoms. The van der Waals surface area contributed by atoms with Crippen LogP contribution in [0.2, 0.25) is 0 Å². The van der Waals surface area contributed by atoms with Crippen molar-refractivity contribution in [1.82, 2.24) is 5.32 Å². The van der Waals surface area contributed by atoms with Crippen LogP contribution in [0.3, 0.4) is 0 Å². The topological polar surface area (TPSA) is 30.5 Å². The van der Waals surface area contributed by atoms with Gasteiger partial charge in [-0.3, -0.25) is 0 Å². The molecule has 2 unspecified atom stereocenters. The fourth-order valence-electron chi connectivity index (χ4n) is 2.77. The number of hydrogen-bond donors (Lipinski definition) is 1. The molecule has 1 aliphatic carbocycles. The first-order valence-corrected chi connectivity index (χ1v) is 5.88. The molecule has 0 bridgehead atoms. The van der Waals surface area contributed by atoms with Crippen LogP contribution in [0.25, 0.3) is 0 Å². The van der Waals surface area contributed by atoms with Crippen LogP contribution in [0.15, 0.2) is 18.2 Å². The standard InChI is InChI=1S/C13H17NO2/c1-15-12-4-2-3-9-7-11-13(8-10(9)12)16-6-5-14-11/h2-4,11,13-14H,5-8H2,1H3. The molecule has 1 fully saturated rings. The summed E-state index contributed by atoms with van der Waals surface area (Å²) in [4.78, 5) is 0. The number of methoxy groups -OCH3 is 1. The minimum absolute atomic E-state index is 0.317. The molecule has 1 saturated heterocycles. The maximum absolute atomic E-state index is 5.82. The van der Waals surface area contributed by atoms with E-state index in [0.29, 0.717) is 12.1 Å². The van der Waals surface area contributed by atoms with Gasteiger partial charge >= 0.3 is 0 Å². The van der Waals surface area contributed by atoms with Gasteiger partial charge in [-0.25, -0.2) is 0 Å². The molecule has 1 aromatic carbocycles. The number of nitrogens with one attached hydrogen (secondary N) is 1. The molecule has 86 valence electrons. The molecule has 0 amide bonds. The van der Waals surface area contributed by atoms with Gasteiger partial charge in [0.2, 0.25) is 0 Å². The summed E-state index contributed by atoms with van der Waals surface area (Å²) in [7, 11) is 1.74. The van der Waals surface area contributed by atoms with E-state index >= 15 is 0 Å². The Morgan fingerprint density at radius 2 is 2.31 bits per heavy atom. The SMILES string of the molecule is COc1cccc2c1CC1OCCNC1C2. The molecule has 3 rings (SSSR count). The first-order chi connectivity index (χ1) is 7.88. The molecular formula is C13H17NO2. The van der Waals surface area contributed by atoms with E-state index in [1.165, 1.54) is 11.1 Å². The van der Waals surface area contributed by atoms with Crippen LogP contribution in [0.1, 0.15) is 11.1 Å². The number of morpholine rings is 1. The van der Waals surface area contributed by atoms with E-state index in [0.717, 1.165) is 31.7 Å². The molecule has 0 radical (unpaired) electrons. The molecule has 0 aromatic heterocycles. The van der Waals surface area contributed by atoms with E-state index in [9.17, 15) is 0 Å². The van der Waals surface area contributed by atoms with Gasteiger partial charge in [-0.1, -0.05) is 12.1 Å². The molecule has 3 nitrogen and oxygen atoms in total. The van der Waals surface area contributed by atoms with Crippen molar-refractivity contribution in [2.24, 2.45) is 0 Å². The van der Waals surface area contributed by atoms with E-state index in [-0.39, 0.29) is 0 Å². The average Bonchev–Trinajstić information content (AvgIpc) is 2.35. The summed E-state index contributed by atoms with van der Waals surface area (Å²) in [5.74, 6) is 1.00. The number of hydrogen-bond acceptors (Lipinski definition) is 3. The van der Waals surface area contributed by atoms with Crippen LogP contribution in [0.5, 0.6) is 5.75 Å². The highest BCUT2D eigenvalue weighted by molar-refractivity contribution is 5.43. The van der Waals surface area contributed by atoms with Crippen LogP contribution >= 0.6 is 0 Å². The van der Waals surface area contributed by atoms with E-state index in [1.807, 2.05) is 6.07 Å². The highest BCUT2D eigenvalue weighted by atomic mass is 16.5. The molecule has 0 spiro atoms. The van der Waals surface area contributed by atoms with Crippen LogP contribution in [-0.4, -0.2) is 32.4 Å². The Labute approximate surface area is 95.8 Å². The van der Waals surface area contributed by atoms with Crippen LogP contribution < -0.4 is 10.1 Å². The third kappa shape index (κ3) is 1.60. The summed E-state index contributed by atoms with van der Waals surface area (Å²) in [6.07, 6.45) is 2.34. The number of rotatable bonds is 1.